The lowest BCUT2D eigenvalue weighted by Gasteiger charge is -2.24. The molecule has 0 aromatic carbocycles. The highest BCUT2D eigenvalue weighted by atomic mass is 32.2. The number of nitrogens with two attached hydrogens (primary N) is 2. The lowest BCUT2D eigenvalue weighted by Crippen LogP contribution is -2.55. The van der Waals surface area contributed by atoms with Crippen molar-refractivity contribution < 1.29 is 24.3 Å². The third kappa shape index (κ3) is 10.2. The summed E-state index contributed by atoms with van der Waals surface area (Å²) in [5.74, 6) is -2.17. The Balaban J connectivity index is 4.94. The number of thioether (sulfide) groups is 1. The van der Waals surface area contributed by atoms with Gasteiger partial charge in [0.2, 0.25) is 17.7 Å². The van der Waals surface area contributed by atoms with Gasteiger partial charge in [-0.05, 0) is 37.2 Å². The topological polar surface area (TPSA) is 165 Å². The summed E-state index contributed by atoms with van der Waals surface area (Å²) in [6, 6.07) is -2.90. The lowest BCUT2D eigenvalue weighted by atomic mass is 10.0. The number of aliphatic carboxylic acids is 1. The number of carboxylic acid groups (broad SMARTS) is 1. The van der Waals surface area contributed by atoms with Crippen LogP contribution < -0.4 is 22.1 Å². The molecular weight excluding hydrogens is 360 g/mol. The quantitative estimate of drug-likeness (QED) is 0.281. The fourth-order valence-electron chi connectivity index (χ4n) is 2.18. The molecule has 0 aliphatic rings. The first kappa shape index (κ1) is 24.2. The second-order valence-corrected chi connectivity index (χ2v) is 7.47. The van der Waals surface area contributed by atoms with Crippen molar-refractivity contribution >= 4 is 35.5 Å². The van der Waals surface area contributed by atoms with Crippen LogP contribution in [0.25, 0.3) is 0 Å². The second kappa shape index (κ2) is 12.5. The molecule has 0 saturated heterocycles. The number of carboxylic acids is 1. The maximum Gasteiger partial charge on any atom is 0.326 e. The molecule has 3 atom stereocenters. The first-order valence-electron chi connectivity index (χ1n) is 8.44. The van der Waals surface area contributed by atoms with Crippen LogP contribution in [0.4, 0.5) is 0 Å². The van der Waals surface area contributed by atoms with Crippen LogP contribution in [0.1, 0.15) is 39.5 Å². The van der Waals surface area contributed by atoms with Crippen molar-refractivity contribution in [1.29, 1.82) is 0 Å². The van der Waals surface area contributed by atoms with E-state index in [1.54, 1.807) is 0 Å². The van der Waals surface area contributed by atoms with Crippen LogP contribution in [0.3, 0.4) is 0 Å². The molecule has 0 bridgehead atoms. The largest absolute Gasteiger partial charge is 0.480 e. The highest BCUT2D eigenvalue weighted by molar-refractivity contribution is 7.98. The van der Waals surface area contributed by atoms with Gasteiger partial charge < -0.3 is 27.2 Å². The Bertz CT molecular complexity index is 501. The van der Waals surface area contributed by atoms with Gasteiger partial charge in [-0.15, -0.1) is 0 Å². The van der Waals surface area contributed by atoms with Gasteiger partial charge in [0.25, 0.3) is 0 Å². The fourth-order valence-corrected chi connectivity index (χ4v) is 2.65. The van der Waals surface area contributed by atoms with Crippen molar-refractivity contribution in [3.63, 3.8) is 0 Å². The molecule has 0 radical (unpaired) electrons. The van der Waals surface area contributed by atoms with Crippen molar-refractivity contribution in [2.45, 2.75) is 57.7 Å². The number of nitrogens with one attached hydrogen (secondary N) is 2. The predicted octanol–water partition coefficient (Wildman–Crippen LogP) is -0.567. The number of hydrogen-bond acceptors (Lipinski definition) is 6. The van der Waals surface area contributed by atoms with Crippen molar-refractivity contribution in [3.8, 4) is 0 Å². The van der Waals surface area contributed by atoms with Gasteiger partial charge in [-0.1, -0.05) is 13.8 Å². The smallest absolute Gasteiger partial charge is 0.326 e. The Kier molecular flexibility index (Phi) is 11.7. The van der Waals surface area contributed by atoms with Crippen LogP contribution in [-0.2, 0) is 19.2 Å². The first-order valence-corrected chi connectivity index (χ1v) is 9.84. The maximum absolute atomic E-state index is 12.5. The molecule has 3 amide bonds. The van der Waals surface area contributed by atoms with Crippen LogP contribution >= 0.6 is 11.8 Å². The first-order chi connectivity index (χ1) is 12.1. The standard InChI is InChI=1S/C16H30N4O5S/c1-9(2)8-12(20-14(22)10(17)4-5-13(18)21)15(23)19-11(16(24)25)6-7-26-3/h9-12H,4-8,17H2,1-3H3,(H2,18,21)(H,19,23)(H,20,22)(H,24,25). The second-order valence-electron chi connectivity index (χ2n) is 6.48. The SMILES string of the molecule is CSCCC(NC(=O)C(CC(C)C)NC(=O)C(N)CCC(N)=O)C(=O)O. The molecule has 0 rings (SSSR count). The monoisotopic (exact) mass is 390 g/mol. The highest BCUT2D eigenvalue weighted by Gasteiger charge is 2.28. The zero-order chi connectivity index (χ0) is 20.3. The number of rotatable bonds is 13. The normalized spacial score (nSPS) is 14.3. The molecule has 0 aromatic heterocycles. The predicted molar refractivity (Wildman–Crippen MR) is 100 cm³/mol. The number of amides is 3. The van der Waals surface area contributed by atoms with Crippen LogP contribution in [0.2, 0.25) is 0 Å². The summed E-state index contributed by atoms with van der Waals surface area (Å²) < 4.78 is 0. The van der Waals surface area contributed by atoms with Gasteiger partial charge in [-0.25, -0.2) is 4.79 Å². The van der Waals surface area contributed by atoms with Gasteiger partial charge in [0.1, 0.15) is 12.1 Å². The van der Waals surface area contributed by atoms with Crippen molar-refractivity contribution in [2.75, 3.05) is 12.0 Å². The molecule has 0 saturated carbocycles. The molecule has 7 N–H and O–H groups in total. The molecule has 0 heterocycles. The molecule has 0 aliphatic carbocycles. The van der Waals surface area contributed by atoms with E-state index in [0.717, 1.165) is 0 Å². The fraction of sp³-hybridized carbons (Fsp3) is 0.750. The Labute approximate surface area is 158 Å². The Morgan fingerprint density at radius 2 is 1.62 bits per heavy atom. The number of hydrogen-bond donors (Lipinski definition) is 5. The van der Waals surface area contributed by atoms with Crippen molar-refractivity contribution in [2.24, 2.45) is 17.4 Å². The minimum atomic E-state index is -1.12. The molecule has 0 fully saturated rings. The van der Waals surface area contributed by atoms with E-state index in [9.17, 15) is 24.3 Å². The minimum Gasteiger partial charge on any atom is -0.480 e. The number of carbonyl (C=O) groups excluding carboxylic acids is 3. The maximum atomic E-state index is 12.5. The number of carbonyl (C=O) groups is 4. The molecule has 26 heavy (non-hydrogen) atoms. The van der Waals surface area contributed by atoms with Gasteiger partial charge >= 0.3 is 5.97 Å². The number of primary amides is 1. The average molecular weight is 391 g/mol. The Morgan fingerprint density at radius 3 is 2.08 bits per heavy atom. The average Bonchev–Trinajstić information content (AvgIpc) is 2.54. The van der Waals surface area contributed by atoms with Gasteiger partial charge in [0.05, 0.1) is 6.04 Å². The Morgan fingerprint density at radius 1 is 1.04 bits per heavy atom. The zero-order valence-electron chi connectivity index (χ0n) is 15.5. The summed E-state index contributed by atoms with van der Waals surface area (Å²) >= 11 is 1.48. The molecule has 9 nitrogen and oxygen atoms in total. The van der Waals surface area contributed by atoms with Crippen LogP contribution in [0.15, 0.2) is 0 Å². The summed E-state index contributed by atoms with van der Waals surface area (Å²) in [6.45, 7) is 3.75. The molecule has 0 spiro atoms. The van der Waals surface area contributed by atoms with Crippen molar-refractivity contribution in [1.82, 2.24) is 10.6 Å². The third-order valence-electron chi connectivity index (χ3n) is 3.60. The van der Waals surface area contributed by atoms with Crippen molar-refractivity contribution in [3.05, 3.63) is 0 Å². The Hall–Kier alpha value is -1.81. The molecule has 150 valence electrons. The van der Waals surface area contributed by atoms with Gasteiger partial charge in [-0.2, -0.15) is 11.8 Å². The molecule has 3 unspecified atom stereocenters. The van der Waals surface area contributed by atoms with E-state index in [4.69, 9.17) is 11.5 Å². The van der Waals surface area contributed by atoms with E-state index in [0.29, 0.717) is 12.2 Å². The minimum absolute atomic E-state index is 0.0363. The van der Waals surface area contributed by atoms with E-state index < -0.39 is 41.8 Å². The van der Waals surface area contributed by atoms with Crippen LogP contribution in [0.5, 0.6) is 0 Å². The van der Waals surface area contributed by atoms with E-state index in [1.807, 2.05) is 20.1 Å². The summed E-state index contributed by atoms with van der Waals surface area (Å²) in [6.07, 6.45) is 2.49. The summed E-state index contributed by atoms with van der Waals surface area (Å²) in [4.78, 5) is 46.7. The van der Waals surface area contributed by atoms with Gasteiger partial charge in [-0.3, -0.25) is 14.4 Å². The summed E-state index contributed by atoms with van der Waals surface area (Å²) in [5, 5.41) is 14.2. The highest BCUT2D eigenvalue weighted by Crippen LogP contribution is 2.08. The third-order valence-corrected chi connectivity index (χ3v) is 4.25. The molecule has 0 aliphatic heterocycles. The van der Waals surface area contributed by atoms with E-state index in [1.165, 1.54) is 11.8 Å². The van der Waals surface area contributed by atoms with Crippen LogP contribution in [0, 0.1) is 5.92 Å². The van der Waals surface area contributed by atoms with E-state index in [2.05, 4.69) is 10.6 Å². The molecule has 10 heteroatoms. The zero-order valence-corrected chi connectivity index (χ0v) is 16.3. The molecule has 0 aromatic rings. The molecular formula is C16H30N4O5S. The van der Waals surface area contributed by atoms with E-state index >= 15 is 0 Å². The van der Waals surface area contributed by atoms with Gasteiger partial charge in [0.15, 0.2) is 0 Å². The summed E-state index contributed by atoms with van der Waals surface area (Å²) in [5.41, 5.74) is 10.7. The summed E-state index contributed by atoms with van der Waals surface area (Å²) in [7, 11) is 0. The van der Waals surface area contributed by atoms with Gasteiger partial charge in [0, 0.05) is 6.42 Å². The lowest BCUT2D eigenvalue weighted by molar-refractivity contribution is -0.142. The van der Waals surface area contributed by atoms with E-state index in [-0.39, 0.29) is 25.2 Å². The van der Waals surface area contributed by atoms with Crippen LogP contribution in [-0.4, -0.2) is 58.9 Å².